The number of amides is 1. The van der Waals surface area contributed by atoms with Crippen molar-refractivity contribution in [3.63, 3.8) is 0 Å². The maximum absolute atomic E-state index is 13.2. The van der Waals surface area contributed by atoms with Crippen molar-refractivity contribution in [3.8, 4) is 0 Å². The number of pyridine rings is 1. The van der Waals surface area contributed by atoms with Crippen molar-refractivity contribution < 1.29 is 9.59 Å². The summed E-state index contributed by atoms with van der Waals surface area (Å²) in [6.07, 6.45) is 8.64. The van der Waals surface area contributed by atoms with E-state index in [1.165, 1.54) is 6.20 Å². The van der Waals surface area contributed by atoms with Gasteiger partial charge < -0.3 is 5.32 Å². The lowest BCUT2D eigenvalue weighted by Gasteiger charge is -2.39. The summed E-state index contributed by atoms with van der Waals surface area (Å²) in [4.78, 5) is 38.8. The highest BCUT2D eigenvalue weighted by Crippen LogP contribution is 2.54. The topological polar surface area (TPSA) is 84.8 Å². The number of nitrogens with one attached hydrogen (secondary N) is 1. The number of rotatable bonds is 5. The van der Waals surface area contributed by atoms with E-state index in [-0.39, 0.29) is 22.6 Å². The monoisotopic (exact) mass is 378 g/mol. The molecule has 6 heteroatoms. The van der Waals surface area contributed by atoms with Gasteiger partial charge in [0.2, 0.25) is 0 Å². The summed E-state index contributed by atoms with van der Waals surface area (Å²) >= 11 is 0. The molecule has 2 aromatic heterocycles. The third-order valence-corrected chi connectivity index (χ3v) is 6.34. The van der Waals surface area contributed by atoms with Crippen LogP contribution in [0.4, 0.5) is 0 Å². The summed E-state index contributed by atoms with van der Waals surface area (Å²) in [7, 11) is 0. The van der Waals surface area contributed by atoms with Gasteiger partial charge in [0.1, 0.15) is 11.5 Å². The van der Waals surface area contributed by atoms with Crippen LogP contribution in [0.15, 0.2) is 30.6 Å². The summed E-state index contributed by atoms with van der Waals surface area (Å²) in [5.74, 6) is 0.0644. The Balaban J connectivity index is 1.48. The predicted molar refractivity (Wildman–Crippen MR) is 105 cm³/mol. The Morgan fingerprint density at radius 2 is 1.89 bits per heavy atom. The van der Waals surface area contributed by atoms with Crippen LogP contribution in [0.5, 0.6) is 0 Å². The molecule has 28 heavy (non-hydrogen) atoms. The molecule has 2 saturated carbocycles. The van der Waals surface area contributed by atoms with Gasteiger partial charge in [-0.2, -0.15) is 0 Å². The number of carbonyl (C=O) groups excluding carboxylic acids is 2. The molecule has 2 aliphatic rings. The van der Waals surface area contributed by atoms with Gasteiger partial charge in [-0.1, -0.05) is 12.5 Å². The second kappa shape index (κ2) is 7.08. The lowest BCUT2D eigenvalue weighted by atomic mass is 9.69. The van der Waals surface area contributed by atoms with Crippen LogP contribution in [0, 0.1) is 19.3 Å². The number of carbonyl (C=O) groups is 2. The summed E-state index contributed by atoms with van der Waals surface area (Å²) in [6, 6.07) is 5.81. The van der Waals surface area contributed by atoms with Gasteiger partial charge in [-0.05, 0) is 58.1 Å². The number of ketones is 1. The first-order chi connectivity index (χ1) is 13.4. The molecule has 1 N–H and O–H groups in total. The van der Waals surface area contributed by atoms with Crippen LogP contribution < -0.4 is 5.32 Å². The minimum atomic E-state index is -0.337. The summed E-state index contributed by atoms with van der Waals surface area (Å²) in [5.41, 5.74) is 2.23. The second-order valence-corrected chi connectivity index (χ2v) is 8.46. The number of nitrogens with zero attached hydrogens (tertiary/aromatic N) is 3. The van der Waals surface area contributed by atoms with Crippen LogP contribution in [0.2, 0.25) is 0 Å². The molecular weight excluding hydrogens is 352 g/mol. The summed E-state index contributed by atoms with van der Waals surface area (Å²) < 4.78 is 0. The van der Waals surface area contributed by atoms with Crippen LogP contribution in [0.25, 0.3) is 0 Å². The fraction of sp³-hybridized carbons (Fsp3) is 0.500. The molecule has 2 fully saturated rings. The lowest BCUT2D eigenvalue weighted by Crippen LogP contribution is -2.50. The first-order valence-electron chi connectivity index (χ1n) is 9.97. The van der Waals surface area contributed by atoms with Crippen molar-refractivity contribution in [1.29, 1.82) is 0 Å². The van der Waals surface area contributed by atoms with Crippen molar-refractivity contribution in [3.05, 3.63) is 53.4 Å². The molecule has 6 nitrogen and oxygen atoms in total. The summed E-state index contributed by atoms with van der Waals surface area (Å²) in [5, 5.41) is 3.20. The average Bonchev–Trinajstić information content (AvgIpc) is 2.93. The molecule has 2 aromatic rings. The van der Waals surface area contributed by atoms with Gasteiger partial charge in [0.25, 0.3) is 5.91 Å². The zero-order valence-electron chi connectivity index (χ0n) is 16.5. The minimum absolute atomic E-state index is 0.196. The quantitative estimate of drug-likeness (QED) is 0.864. The number of hydrogen-bond donors (Lipinski definition) is 1. The SMILES string of the molecule is Cc1cnc(C(=O)NC23CCCC(C(=O)Cc4cccc(C)n4)(CC2)C3)cn1. The highest BCUT2D eigenvalue weighted by Gasteiger charge is 2.54. The number of aryl methyl sites for hydroxylation is 2. The van der Waals surface area contributed by atoms with E-state index >= 15 is 0 Å². The summed E-state index contributed by atoms with van der Waals surface area (Å²) in [6.45, 7) is 3.78. The molecule has 4 rings (SSSR count). The molecule has 1 amide bonds. The molecular formula is C22H26N4O2. The van der Waals surface area contributed by atoms with Gasteiger partial charge in [-0.3, -0.25) is 19.6 Å². The fourth-order valence-electron chi connectivity index (χ4n) is 4.91. The van der Waals surface area contributed by atoms with Crippen molar-refractivity contribution in [1.82, 2.24) is 20.3 Å². The molecule has 146 valence electrons. The molecule has 2 aliphatic carbocycles. The van der Waals surface area contributed by atoms with Gasteiger partial charge in [0.05, 0.1) is 11.9 Å². The highest BCUT2D eigenvalue weighted by atomic mass is 16.2. The predicted octanol–water partition coefficient (Wildman–Crippen LogP) is 3.12. The number of Topliss-reactive ketones (excluding diaryl/α,β-unsaturated/α-hetero) is 1. The number of aromatic nitrogens is 3. The smallest absolute Gasteiger partial charge is 0.271 e. The zero-order valence-corrected chi connectivity index (χ0v) is 16.5. The number of hydrogen-bond acceptors (Lipinski definition) is 5. The van der Waals surface area contributed by atoms with Crippen molar-refractivity contribution in [2.24, 2.45) is 5.41 Å². The molecule has 0 saturated heterocycles. The second-order valence-electron chi connectivity index (χ2n) is 8.46. The molecule has 0 aliphatic heterocycles. The van der Waals surface area contributed by atoms with Gasteiger partial charge in [0.15, 0.2) is 0 Å². The minimum Gasteiger partial charge on any atom is -0.345 e. The molecule has 0 spiro atoms. The van der Waals surface area contributed by atoms with E-state index in [1.54, 1.807) is 6.20 Å². The van der Waals surface area contributed by atoms with E-state index in [0.29, 0.717) is 12.1 Å². The van der Waals surface area contributed by atoms with Gasteiger partial charge in [-0.15, -0.1) is 0 Å². The van der Waals surface area contributed by atoms with E-state index in [0.717, 1.165) is 55.6 Å². The van der Waals surface area contributed by atoms with Gasteiger partial charge >= 0.3 is 0 Å². The maximum atomic E-state index is 13.2. The molecule has 2 unspecified atom stereocenters. The van der Waals surface area contributed by atoms with Crippen LogP contribution in [-0.2, 0) is 11.2 Å². The lowest BCUT2D eigenvalue weighted by molar-refractivity contribution is -0.129. The van der Waals surface area contributed by atoms with E-state index in [4.69, 9.17) is 0 Å². The molecule has 0 aromatic carbocycles. The third kappa shape index (κ3) is 3.55. The van der Waals surface area contributed by atoms with E-state index in [2.05, 4.69) is 20.3 Å². The third-order valence-electron chi connectivity index (χ3n) is 6.34. The van der Waals surface area contributed by atoms with Crippen LogP contribution >= 0.6 is 0 Å². The first-order valence-corrected chi connectivity index (χ1v) is 9.97. The Morgan fingerprint density at radius 1 is 1.04 bits per heavy atom. The number of fused-ring (bicyclic) bond motifs is 2. The van der Waals surface area contributed by atoms with Gasteiger partial charge in [0, 0.05) is 35.0 Å². The first kappa shape index (κ1) is 18.7. The zero-order chi connectivity index (χ0) is 19.8. The van der Waals surface area contributed by atoms with Gasteiger partial charge in [-0.25, -0.2) is 4.98 Å². The normalized spacial score (nSPS) is 26.1. The Labute approximate surface area is 165 Å². The Bertz CT molecular complexity index is 911. The van der Waals surface area contributed by atoms with Crippen LogP contribution in [0.1, 0.15) is 66.1 Å². The molecule has 0 radical (unpaired) electrons. The largest absolute Gasteiger partial charge is 0.345 e. The Kier molecular flexibility index (Phi) is 4.73. The van der Waals surface area contributed by atoms with Crippen molar-refractivity contribution in [2.75, 3.05) is 0 Å². The fourth-order valence-corrected chi connectivity index (χ4v) is 4.91. The van der Waals surface area contributed by atoms with E-state index in [9.17, 15) is 9.59 Å². The average molecular weight is 378 g/mol. The Morgan fingerprint density at radius 3 is 2.64 bits per heavy atom. The standard InChI is InChI=1S/C22H26N4O2/c1-15-5-3-6-17(25-15)11-19(27)21-7-4-8-22(14-21,10-9-21)26-20(28)18-13-23-16(2)12-24-18/h3,5-6,12-13H,4,7-11,14H2,1-2H3,(H,26,28). The molecule has 2 bridgehead atoms. The highest BCUT2D eigenvalue weighted by molar-refractivity contribution is 5.93. The van der Waals surface area contributed by atoms with Crippen molar-refractivity contribution in [2.45, 2.75) is 64.3 Å². The van der Waals surface area contributed by atoms with Crippen LogP contribution in [-0.4, -0.2) is 32.2 Å². The maximum Gasteiger partial charge on any atom is 0.271 e. The Hall–Kier alpha value is -2.63. The molecule has 2 heterocycles. The van der Waals surface area contributed by atoms with Crippen LogP contribution in [0.3, 0.4) is 0 Å². The van der Waals surface area contributed by atoms with Crippen molar-refractivity contribution >= 4 is 11.7 Å². The molecule has 2 atom stereocenters. The van der Waals surface area contributed by atoms with E-state index in [1.807, 2.05) is 32.0 Å². The van der Waals surface area contributed by atoms with E-state index < -0.39 is 0 Å².